The predicted octanol–water partition coefficient (Wildman–Crippen LogP) is 2.40. The number of hydrogen-bond acceptors (Lipinski definition) is 6. The van der Waals surface area contributed by atoms with Crippen LogP contribution >= 0.6 is 0 Å². The summed E-state index contributed by atoms with van der Waals surface area (Å²) in [6.45, 7) is 1.98. The van der Waals surface area contributed by atoms with Crippen molar-refractivity contribution in [1.82, 2.24) is 20.1 Å². The van der Waals surface area contributed by atoms with Crippen LogP contribution in [0, 0.1) is 6.92 Å². The maximum absolute atomic E-state index is 13.4. The molecule has 2 aromatic heterocycles. The number of nitrogens with zero attached hydrogens (tertiary/aromatic N) is 4. The van der Waals surface area contributed by atoms with Gasteiger partial charge >= 0.3 is 12.2 Å². The Hall–Kier alpha value is -2.71. The maximum atomic E-state index is 13.4. The molecule has 4 N–H and O–H groups in total. The smallest absolute Gasteiger partial charge is 0.433 e. The number of fused-ring (bicyclic) bond motifs is 2. The Bertz CT molecular complexity index is 1220. The van der Waals surface area contributed by atoms with Crippen molar-refractivity contribution in [3.05, 3.63) is 28.7 Å². The monoisotopic (exact) mass is 487 g/mol. The number of ether oxygens (including phenoxy) is 1. The molecule has 4 rings (SSSR count). The average Bonchev–Trinajstić information content (AvgIpc) is 3.31. The predicted molar refractivity (Wildman–Crippen MR) is 113 cm³/mol. The van der Waals surface area contributed by atoms with Crippen LogP contribution in [0.1, 0.15) is 35.4 Å². The summed E-state index contributed by atoms with van der Waals surface area (Å²) in [5.41, 5.74) is -0.507. The second kappa shape index (κ2) is 8.57. The molecule has 1 aliphatic heterocycles. The van der Waals surface area contributed by atoms with Crippen molar-refractivity contribution in [3.63, 3.8) is 0 Å². The van der Waals surface area contributed by atoms with E-state index in [9.17, 15) is 22.2 Å². The number of rotatable bonds is 3. The summed E-state index contributed by atoms with van der Waals surface area (Å²) in [7, 11) is -2.00. The zero-order valence-electron chi connectivity index (χ0n) is 18.0. The van der Waals surface area contributed by atoms with Crippen molar-refractivity contribution in [2.45, 2.75) is 56.3 Å². The molecular weight excluding hydrogens is 463 g/mol. The van der Waals surface area contributed by atoms with Crippen LogP contribution in [0.15, 0.2) is 15.5 Å². The number of amides is 2. The summed E-state index contributed by atoms with van der Waals surface area (Å²) >= 11 is 0. The van der Waals surface area contributed by atoms with Crippen LogP contribution in [0.3, 0.4) is 0 Å². The van der Waals surface area contributed by atoms with Crippen molar-refractivity contribution in [2.75, 3.05) is 19.0 Å². The number of nitrogens with one attached hydrogen (secondary N) is 2. The molecule has 0 radical (unpaired) electrons. The summed E-state index contributed by atoms with van der Waals surface area (Å²) in [6, 6.07) is -1.08. The first-order chi connectivity index (χ1) is 15.5. The summed E-state index contributed by atoms with van der Waals surface area (Å²) in [5.74, 6) is 0.150. The van der Waals surface area contributed by atoms with Crippen LogP contribution in [0.5, 0.6) is 5.88 Å². The molecule has 3 heterocycles. The molecule has 0 bridgehead atoms. The lowest BCUT2D eigenvalue weighted by Crippen LogP contribution is -2.31. The van der Waals surface area contributed by atoms with Gasteiger partial charge in [-0.05, 0) is 45.2 Å². The van der Waals surface area contributed by atoms with Crippen molar-refractivity contribution in [2.24, 2.45) is 9.50 Å². The molecule has 1 aliphatic carbocycles. The zero-order valence-corrected chi connectivity index (χ0v) is 18.8. The van der Waals surface area contributed by atoms with Gasteiger partial charge in [0.15, 0.2) is 9.92 Å². The lowest BCUT2D eigenvalue weighted by molar-refractivity contribution is -0.141. The van der Waals surface area contributed by atoms with Crippen molar-refractivity contribution >= 4 is 21.6 Å². The Morgan fingerprint density at radius 3 is 2.85 bits per heavy atom. The van der Waals surface area contributed by atoms with Gasteiger partial charge in [-0.1, -0.05) is 0 Å². The standard InChI is InChI=1S/C19H24F3N7O3S/c1-10-15(12-4-3-5-13(12)26-16(10)19(20,21)22)27-18(30)28-33(23,31)14-8-25-29-7-6-11(24-2)9-32-17(14)29/h8,11,24H,3-7,9H2,1-2H3,(H3,23,26,27,28,30,31)/t11-,33?/m1/s1. The molecule has 0 saturated carbocycles. The largest absolute Gasteiger partial charge is 0.475 e. The summed E-state index contributed by atoms with van der Waals surface area (Å²) in [6.07, 6.45) is -1.29. The van der Waals surface area contributed by atoms with Gasteiger partial charge in [0.25, 0.3) is 0 Å². The molecular formula is C19H24F3N7O3S. The molecule has 2 amide bonds. The molecule has 2 atom stereocenters. The number of hydrogen-bond donors (Lipinski definition) is 3. The molecule has 14 heteroatoms. The quantitative estimate of drug-likeness (QED) is 0.608. The van der Waals surface area contributed by atoms with Gasteiger partial charge in [-0.2, -0.15) is 18.3 Å². The van der Waals surface area contributed by atoms with Crippen LogP contribution in [0.4, 0.5) is 23.7 Å². The number of aromatic nitrogens is 3. The fraction of sp³-hybridized carbons (Fsp3) is 0.526. The van der Waals surface area contributed by atoms with E-state index in [1.165, 1.54) is 17.8 Å². The van der Waals surface area contributed by atoms with Crippen molar-refractivity contribution < 1.29 is 26.9 Å². The van der Waals surface area contributed by atoms with Crippen LogP contribution in [-0.2, 0) is 35.5 Å². The third-order valence-electron chi connectivity index (χ3n) is 5.78. The number of alkyl halides is 3. The highest BCUT2D eigenvalue weighted by Crippen LogP contribution is 2.39. The minimum Gasteiger partial charge on any atom is -0.475 e. The summed E-state index contributed by atoms with van der Waals surface area (Å²) in [5, 5.41) is 15.5. The highest BCUT2D eigenvalue weighted by atomic mass is 32.2. The van der Waals surface area contributed by atoms with Crippen molar-refractivity contribution in [3.8, 4) is 5.88 Å². The van der Waals surface area contributed by atoms with Crippen LogP contribution in [0.2, 0.25) is 0 Å². The van der Waals surface area contributed by atoms with E-state index in [1.54, 1.807) is 7.05 Å². The van der Waals surface area contributed by atoms with E-state index < -0.39 is 27.8 Å². The fourth-order valence-electron chi connectivity index (χ4n) is 4.06. The van der Waals surface area contributed by atoms with Gasteiger partial charge in [-0.15, -0.1) is 4.36 Å². The van der Waals surface area contributed by atoms with Crippen LogP contribution in [-0.4, -0.2) is 44.7 Å². The number of nitrogens with two attached hydrogens (primary N) is 1. The third kappa shape index (κ3) is 4.54. The topological polar surface area (TPSA) is 137 Å². The number of urea groups is 1. The molecule has 33 heavy (non-hydrogen) atoms. The van der Waals surface area contributed by atoms with Gasteiger partial charge in [0.1, 0.15) is 17.2 Å². The van der Waals surface area contributed by atoms with E-state index in [4.69, 9.17) is 9.88 Å². The number of halogens is 3. The normalized spacial score (nSPS) is 19.6. The molecule has 1 unspecified atom stereocenters. The molecule has 0 aromatic carbocycles. The lowest BCUT2D eigenvalue weighted by atomic mass is 10.1. The Labute approximate surface area is 188 Å². The number of carbonyl (C=O) groups excluding carboxylic acids is 1. The second-order valence-electron chi connectivity index (χ2n) is 7.95. The first-order valence-electron chi connectivity index (χ1n) is 10.3. The molecule has 0 fully saturated rings. The van der Waals surface area contributed by atoms with Gasteiger partial charge in [0.05, 0.1) is 11.9 Å². The van der Waals surface area contributed by atoms with Gasteiger partial charge < -0.3 is 15.4 Å². The minimum absolute atomic E-state index is 0.0179. The van der Waals surface area contributed by atoms with Crippen LogP contribution < -0.4 is 20.5 Å². The Morgan fingerprint density at radius 1 is 1.39 bits per heavy atom. The first-order valence-corrected chi connectivity index (χ1v) is 11.9. The summed E-state index contributed by atoms with van der Waals surface area (Å²) in [4.78, 5) is 16.4. The first kappa shape index (κ1) is 23.4. The lowest BCUT2D eigenvalue weighted by Gasteiger charge is -2.17. The Kier molecular flexibility index (Phi) is 6.09. The molecule has 2 aromatic rings. The maximum Gasteiger partial charge on any atom is 0.433 e. The molecule has 0 spiro atoms. The van der Waals surface area contributed by atoms with E-state index in [1.807, 2.05) is 0 Å². The van der Waals surface area contributed by atoms with Gasteiger partial charge in [-0.3, -0.25) is 0 Å². The van der Waals surface area contributed by atoms with Gasteiger partial charge in [-0.25, -0.2) is 23.8 Å². The molecule has 180 valence electrons. The molecule has 2 aliphatic rings. The number of carbonyl (C=O) groups is 1. The summed E-state index contributed by atoms with van der Waals surface area (Å²) < 4.78 is 64.2. The van der Waals surface area contributed by atoms with Gasteiger partial charge in [0.2, 0.25) is 5.88 Å². The average molecular weight is 488 g/mol. The Morgan fingerprint density at radius 2 is 2.15 bits per heavy atom. The fourth-order valence-corrected chi connectivity index (χ4v) is 5.07. The highest BCUT2D eigenvalue weighted by Gasteiger charge is 2.38. The zero-order chi connectivity index (χ0) is 24.0. The van der Waals surface area contributed by atoms with E-state index in [0.29, 0.717) is 37.8 Å². The Balaban J connectivity index is 1.66. The second-order valence-corrected chi connectivity index (χ2v) is 9.71. The molecule has 10 nitrogen and oxygen atoms in total. The number of aryl methyl sites for hydroxylation is 2. The van der Waals surface area contributed by atoms with E-state index in [-0.39, 0.29) is 40.4 Å². The minimum atomic E-state index is -4.68. The van der Waals surface area contributed by atoms with Crippen LogP contribution in [0.25, 0.3) is 0 Å². The number of pyridine rings is 1. The SMILES string of the molecule is CN[C@@H]1CCn2ncc(S(N)(=O)=NC(=O)Nc3c(C)c(C(F)(F)F)nc4c3CCC4)c2OC1. The highest BCUT2D eigenvalue weighted by molar-refractivity contribution is 7.91. The van der Waals surface area contributed by atoms with E-state index >= 15 is 0 Å². The van der Waals surface area contributed by atoms with E-state index in [2.05, 4.69) is 25.1 Å². The number of anilines is 1. The van der Waals surface area contributed by atoms with Gasteiger partial charge in [0, 0.05) is 23.8 Å². The van der Waals surface area contributed by atoms with Crippen molar-refractivity contribution in [1.29, 1.82) is 0 Å². The molecule has 0 saturated heterocycles. The van der Waals surface area contributed by atoms with E-state index in [0.717, 1.165) is 0 Å². The third-order valence-corrected chi connectivity index (χ3v) is 7.13. The number of likely N-dealkylation sites (N-methyl/N-ethyl adjacent to an activating group) is 1.